The number of thiophene rings is 1. The van der Waals surface area contributed by atoms with Gasteiger partial charge >= 0.3 is 0 Å². The van der Waals surface area contributed by atoms with Crippen molar-refractivity contribution in [3.05, 3.63) is 22.4 Å². The van der Waals surface area contributed by atoms with Crippen molar-refractivity contribution in [1.29, 1.82) is 0 Å². The maximum atomic E-state index is 6.59. The van der Waals surface area contributed by atoms with E-state index >= 15 is 0 Å². The highest BCUT2D eigenvalue weighted by Crippen LogP contribution is 2.37. The zero-order chi connectivity index (χ0) is 10.9. The molecular weight excluding hydrogens is 202 g/mol. The molecule has 1 saturated carbocycles. The van der Waals surface area contributed by atoms with Crippen molar-refractivity contribution >= 4 is 11.3 Å². The molecule has 1 aliphatic carbocycles. The summed E-state index contributed by atoms with van der Waals surface area (Å²) < 4.78 is 0. The fraction of sp³-hybridized carbons (Fsp3) is 0.692. The highest BCUT2D eigenvalue weighted by atomic mass is 32.1. The van der Waals surface area contributed by atoms with Crippen molar-refractivity contribution in [2.45, 2.75) is 45.1 Å². The summed E-state index contributed by atoms with van der Waals surface area (Å²) >= 11 is 1.77. The molecule has 15 heavy (non-hydrogen) atoms. The Morgan fingerprint density at radius 3 is 2.93 bits per heavy atom. The predicted molar refractivity (Wildman–Crippen MR) is 67.1 cm³/mol. The summed E-state index contributed by atoms with van der Waals surface area (Å²) in [5.74, 6) is 1.46. The van der Waals surface area contributed by atoms with Crippen LogP contribution in [0.5, 0.6) is 0 Å². The van der Waals surface area contributed by atoms with Crippen LogP contribution in [0.3, 0.4) is 0 Å². The van der Waals surface area contributed by atoms with E-state index in [9.17, 15) is 0 Å². The first-order chi connectivity index (χ1) is 7.10. The topological polar surface area (TPSA) is 26.0 Å². The van der Waals surface area contributed by atoms with Crippen LogP contribution in [-0.4, -0.2) is 5.54 Å². The number of hydrogen-bond donors (Lipinski definition) is 1. The molecule has 0 saturated heterocycles. The first-order valence-corrected chi connectivity index (χ1v) is 6.84. The Morgan fingerprint density at radius 2 is 2.27 bits per heavy atom. The molecule has 2 N–H and O–H groups in total. The third kappa shape index (κ3) is 2.43. The van der Waals surface area contributed by atoms with Gasteiger partial charge in [0.05, 0.1) is 0 Å². The summed E-state index contributed by atoms with van der Waals surface area (Å²) in [4.78, 5) is 0. The molecule has 3 unspecified atom stereocenters. The van der Waals surface area contributed by atoms with Gasteiger partial charge in [0.25, 0.3) is 0 Å². The lowest BCUT2D eigenvalue weighted by atomic mass is 9.68. The second-order valence-corrected chi connectivity index (χ2v) is 6.11. The van der Waals surface area contributed by atoms with Gasteiger partial charge in [-0.3, -0.25) is 0 Å². The molecule has 84 valence electrons. The van der Waals surface area contributed by atoms with Crippen LogP contribution in [0.15, 0.2) is 16.8 Å². The standard InChI is InChI=1S/C13H21NS/c1-10-3-4-11(2)13(14,7-10)8-12-5-6-15-9-12/h5-6,9-11H,3-4,7-8,14H2,1-2H3. The van der Waals surface area contributed by atoms with Crippen molar-refractivity contribution in [2.75, 3.05) is 0 Å². The zero-order valence-electron chi connectivity index (χ0n) is 9.70. The van der Waals surface area contributed by atoms with Crippen molar-refractivity contribution in [1.82, 2.24) is 0 Å². The summed E-state index contributed by atoms with van der Waals surface area (Å²) in [7, 11) is 0. The second kappa shape index (κ2) is 4.26. The Kier molecular flexibility index (Phi) is 3.17. The molecule has 1 aromatic rings. The van der Waals surface area contributed by atoms with Crippen LogP contribution in [-0.2, 0) is 6.42 Å². The van der Waals surface area contributed by atoms with Gasteiger partial charge in [-0.25, -0.2) is 0 Å². The van der Waals surface area contributed by atoms with Gasteiger partial charge in [-0.05, 0) is 53.5 Å². The monoisotopic (exact) mass is 223 g/mol. The molecule has 1 heterocycles. The van der Waals surface area contributed by atoms with Crippen molar-refractivity contribution < 1.29 is 0 Å². The summed E-state index contributed by atoms with van der Waals surface area (Å²) in [5, 5.41) is 4.39. The van der Waals surface area contributed by atoms with E-state index in [1.807, 2.05) is 0 Å². The van der Waals surface area contributed by atoms with E-state index in [1.165, 1.54) is 24.8 Å². The third-order valence-corrected chi connectivity index (χ3v) is 4.65. The first-order valence-electron chi connectivity index (χ1n) is 5.90. The molecular formula is C13H21NS. The average Bonchev–Trinajstić information content (AvgIpc) is 2.64. The van der Waals surface area contributed by atoms with Gasteiger partial charge < -0.3 is 5.73 Å². The fourth-order valence-electron chi connectivity index (χ4n) is 2.79. The van der Waals surface area contributed by atoms with E-state index in [0.717, 1.165) is 12.3 Å². The van der Waals surface area contributed by atoms with Gasteiger partial charge in [0.15, 0.2) is 0 Å². The van der Waals surface area contributed by atoms with E-state index in [-0.39, 0.29) is 5.54 Å². The smallest absolute Gasteiger partial charge is 0.0223 e. The lowest BCUT2D eigenvalue weighted by molar-refractivity contribution is 0.161. The minimum Gasteiger partial charge on any atom is -0.325 e. The maximum absolute atomic E-state index is 6.59. The molecule has 2 rings (SSSR count). The van der Waals surface area contributed by atoms with Gasteiger partial charge in [0.1, 0.15) is 0 Å². The lowest BCUT2D eigenvalue weighted by Gasteiger charge is -2.42. The second-order valence-electron chi connectivity index (χ2n) is 5.33. The minimum absolute atomic E-state index is 0.0404. The highest BCUT2D eigenvalue weighted by Gasteiger charge is 2.37. The van der Waals surface area contributed by atoms with Gasteiger partial charge in [-0.1, -0.05) is 20.3 Å². The quantitative estimate of drug-likeness (QED) is 0.816. The Morgan fingerprint density at radius 1 is 1.47 bits per heavy atom. The normalized spacial score (nSPS) is 36.7. The summed E-state index contributed by atoms with van der Waals surface area (Å²) in [6.07, 6.45) is 4.89. The van der Waals surface area contributed by atoms with Crippen molar-refractivity contribution in [3.8, 4) is 0 Å². The molecule has 1 nitrogen and oxygen atoms in total. The SMILES string of the molecule is CC1CCC(C)C(N)(Cc2ccsc2)C1. The van der Waals surface area contributed by atoms with Gasteiger partial charge in [0, 0.05) is 5.54 Å². The molecule has 0 amide bonds. The minimum atomic E-state index is 0.0404. The van der Waals surface area contributed by atoms with E-state index in [2.05, 4.69) is 30.7 Å². The van der Waals surface area contributed by atoms with E-state index < -0.39 is 0 Å². The van der Waals surface area contributed by atoms with Crippen LogP contribution in [0, 0.1) is 11.8 Å². The molecule has 1 aromatic heterocycles. The number of hydrogen-bond acceptors (Lipinski definition) is 2. The summed E-state index contributed by atoms with van der Waals surface area (Å²) in [5.41, 5.74) is 8.05. The molecule has 0 aromatic carbocycles. The highest BCUT2D eigenvalue weighted by molar-refractivity contribution is 7.07. The molecule has 0 aliphatic heterocycles. The predicted octanol–water partition coefficient (Wildman–Crippen LogP) is 3.44. The number of rotatable bonds is 2. The van der Waals surface area contributed by atoms with Crippen LogP contribution in [0.25, 0.3) is 0 Å². The van der Waals surface area contributed by atoms with Crippen LogP contribution in [0.1, 0.15) is 38.7 Å². The molecule has 3 atom stereocenters. The van der Waals surface area contributed by atoms with Gasteiger partial charge in [-0.15, -0.1) is 0 Å². The Balaban J connectivity index is 2.09. The Bertz CT molecular complexity index is 306. The molecule has 1 aliphatic rings. The molecule has 1 fully saturated rings. The molecule has 2 heteroatoms. The van der Waals surface area contributed by atoms with Gasteiger partial charge in [0.2, 0.25) is 0 Å². The Hall–Kier alpha value is -0.340. The largest absolute Gasteiger partial charge is 0.325 e. The average molecular weight is 223 g/mol. The lowest BCUT2D eigenvalue weighted by Crippen LogP contribution is -2.51. The third-order valence-electron chi connectivity index (χ3n) is 3.92. The maximum Gasteiger partial charge on any atom is 0.0223 e. The summed E-state index contributed by atoms with van der Waals surface area (Å²) in [6.45, 7) is 4.65. The van der Waals surface area contributed by atoms with Crippen LogP contribution in [0.2, 0.25) is 0 Å². The van der Waals surface area contributed by atoms with Crippen molar-refractivity contribution in [3.63, 3.8) is 0 Å². The summed E-state index contributed by atoms with van der Waals surface area (Å²) in [6, 6.07) is 2.21. The van der Waals surface area contributed by atoms with Crippen molar-refractivity contribution in [2.24, 2.45) is 17.6 Å². The van der Waals surface area contributed by atoms with E-state index in [0.29, 0.717) is 5.92 Å². The Labute approximate surface area is 96.7 Å². The van der Waals surface area contributed by atoms with Gasteiger partial charge in [-0.2, -0.15) is 11.3 Å². The zero-order valence-corrected chi connectivity index (χ0v) is 10.5. The van der Waals surface area contributed by atoms with Crippen LogP contribution >= 0.6 is 11.3 Å². The fourth-order valence-corrected chi connectivity index (χ4v) is 3.46. The molecule has 0 bridgehead atoms. The first kappa shape index (κ1) is 11.2. The van der Waals surface area contributed by atoms with E-state index in [1.54, 1.807) is 11.3 Å². The number of nitrogens with two attached hydrogens (primary N) is 1. The van der Waals surface area contributed by atoms with Crippen LogP contribution in [0.4, 0.5) is 0 Å². The van der Waals surface area contributed by atoms with Crippen LogP contribution < -0.4 is 5.73 Å². The van der Waals surface area contributed by atoms with E-state index in [4.69, 9.17) is 5.73 Å². The molecule has 0 radical (unpaired) electrons. The molecule has 0 spiro atoms.